The summed E-state index contributed by atoms with van der Waals surface area (Å²) in [6, 6.07) is 9.76. The normalized spacial score (nSPS) is 22.1. The van der Waals surface area contributed by atoms with Gasteiger partial charge in [-0.1, -0.05) is 0 Å². The van der Waals surface area contributed by atoms with Crippen LogP contribution in [0.4, 0.5) is 5.82 Å². The van der Waals surface area contributed by atoms with Crippen LogP contribution in [0.25, 0.3) is 11.0 Å². The lowest BCUT2D eigenvalue weighted by molar-refractivity contribution is -0.118. The van der Waals surface area contributed by atoms with Gasteiger partial charge in [-0.15, -0.1) is 0 Å². The molecule has 5 rings (SSSR count). The largest absolute Gasteiger partial charge is 0.481 e. The molecule has 178 valence electrons. The summed E-state index contributed by atoms with van der Waals surface area (Å²) in [6.07, 6.45) is 6.49. The zero-order valence-corrected chi connectivity index (χ0v) is 19.2. The highest BCUT2D eigenvalue weighted by Gasteiger charge is 2.33. The van der Waals surface area contributed by atoms with Crippen molar-refractivity contribution in [1.29, 1.82) is 0 Å². The van der Waals surface area contributed by atoms with Crippen LogP contribution >= 0.6 is 0 Å². The molecule has 3 N–H and O–H groups in total. The van der Waals surface area contributed by atoms with Crippen molar-refractivity contribution in [1.82, 2.24) is 20.3 Å². The Hall–Kier alpha value is -3.30. The van der Waals surface area contributed by atoms with Crippen LogP contribution < -0.4 is 20.1 Å². The van der Waals surface area contributed by atoms with E-state index in [-0.39, 0.29) is 12.5 Å². The lowest BCUT2D eigenvalue weighted by Crippen LogP contribution is -2.41. The number of aliphatic hydroxyl groups is 1. The number of hydrogen-bond donors (Lipinski definition) is 3. The van der Waals surface area contributed by atoms with Crippen LogP contribution in [0.2, 0.25) is 0 Å². The Bertz CT molecular complexity index is 1190. The molecule has 9 nitrogen and oxygen atoms in total. The minimum absolute atomic E-state index is 0.0271. The van der Waals surface area contributed by atoms with Gasteiger partial charge < -0.3 is 25.2 Å². The maximum atomic E-state index is 11.5. The van der Waals surface area contributed by atoms with Crippen molar-refractivity contribution in [3.63, 3.8) is 0 Å². The highest BCUT2D eigenvalue weighted by molar-refractivity contribution is 5.94. The summed E-state index contributed by atoms with van der Waals surface area (Å²) in [6.45, 7) is 0.627. The minimum atomic E-state index is -0.682. The third-order valence-electron chi connectivity index (χ3n) is 6.73. The first-order valence-electron chi connectivity index (χ1n) is 11.7. The summed E-state index contributed by atoms with van der Waals surface area (Å²) < 4.78 is 10.6. The number of ether oxygens (including phenoxy) is 2. The second-order valence-corrected chi connectivity index (χ2v) is 9.06. The number of carbonyl (C=O) groups is 1. The molecule has 3 aromatic rings. The smallest absolute Gasteiger partial charge is 0.263 e. The third kappa shape index (κ3) is 4.95. The van der Waals surface area contributed by atoms with Crippen LogP contribution in [0.5, 0.6) is 11.6 Å². The average molecular weight is 464 g/mol. The van der Waals surface area contributed by atoms with Gasteiger partial charge in [0, 0.05) is 24.8 Å². The third-order valence-corrected chi connectivity index (χ3v) is 6.73. The second-order valence-electron chi connectivity index (χ2n) is 9.06. The number of rotatable bonds is 7. The molecule has 1 amide bonds. The van der Waals surface area contributed by atoms with Crippen molar-refractivity contribution >= 4 is 22.8 Å². The first-order valence-corrected chi connectivity index (χ1v) is 11.7. The number of nitrogens with one attached hydrogen (secondary N) is 2. The molecular formula is C25H29N5O4. The van der Waals surface area contributed by atoms with Crippen LogP contribution in [0, 0.1) is 0 Å². The number of aromatic nitrogens is 3. The molecule has 0 spiro atoms. The van der Waals surface area contributed by atoms with Crippen LogP contribution in [0.15, 0.2) is 36.5 Å². The molecule has 34 heavy (non-hydrogen) atoms. The van der Waals surface area contributed by atoms with E-state index in [0.29, 0.717) is 36.5 Å². The average Bonchev–Trinajstić information content (AvgIpc) is 2.86. The molecule has 1 fully saturated rings. The Balaban J connectivity index is 1.14. The van der Waals surface area contributed by atoms with E-state index < -0.39 is 5.60 Å². The maximum absolute atomic E-state index is 11.5. The number of nitrogens with zero attached hydrogens (tertiary/aromatic N) is 3. The molecule has 0 saturated heterocycles. The van der Waals surface area contributed by atoms with Crippen molar-refractivity contribution in [2.24, 2.45) is 0 Å². The first-order chi connectivity index (χ1) is 16.5. The first kappa shape index (κ1) is 22.5. The fourth-order valence-electron chi connectivity index (χ4n) is 4.70. The summed E-state index contributed by atoms with van der Waals surface area (Å²) >= 11 is 0. The van der Waals surface area contributed by atoms with Gasteiger partial charge in [0.15, 0.2) is 18.2 Å². The van der Waals surface area contributed by atoms with Gasteiger partial charge in [-0.3, -0.25) is 9.78 Å². The molecule has 1 aliphatic carbocycles. The molecule has 0 aromatic carbocycles. The fourth-order valence-corrected chi connectivity index (χ4v) is 4.70. The Labute approximate surface area is 197 Å². The number of anilines is 1. The predicted octanol–water partition coefficient (Wildman–Crippen LogP) is 2.76. The highest BCUT2D eigenvalue weighted by atomic mass is 16.5. The second kappa shape index (κ2) is 9.52. The molecule has 0 radical (unpaired) electrons. The number of fused-ring (bicyclic) bond motifs is 2. The van der Waals surface area contributed by atoms with E-state index in [1.165, 1.54) is 0 Å². The number of aryl methyl sites for hydroxylation is 1. The number of amides is 1. The molecule has 1 saturated carbocycles. The van der Waals surface area contributed by atoms with Gasteiger partial charge in [-0.05, 0) is 68.4 Å². The highest BCUT2D eigenvalue weighted by Crippen LogP contribution is 2.33. The van der Waals surface area contributed by atoms with Gasteiger partial charge in [0.25, 0.3) is 5.91 Å². The number of pyridine rings is 3. The van der Waals surface area contributed by atoms with Crippen molar-refractivity contribution in [3.8, 4) is 11.6 Å². The van der Waals surface area contributed by atoms with Crippen molar-refractivity contribution in [2.45, 2.75) is 56.7 Å². The topological polar surface area (TPSA) is 118 Å². The quantitative estimate of drug-likeness (QED) is 0.490. The summed E-state index contributed by atoms with van der Waals surface area (Å²) in [4.78, 5) is 25.0. The lowest BCUT2D eigenvalue weighted by atomic mass is 9.78. The SMILES string of the molecule is COc1ccc2nccc(CCC3(O)CCC(NCc4ccc5c(n4)NC(=O)CO5)CC3)c2n1. The molecule has 0 atom stereocenters. The molecule has 0 unspecified atom stereocenters. The van der Waals surface area contributed by atoms with Gasteiger partial charge >= 0.3 is 0 Å². The molecule has 4 heterocycles. The van der Waals surface area contributed by atoms with E-state index in [0.717, 1.165) is 54.4 Å². The zero-order chi connectivity index (χ0) is 23.5. The van der Waals surface area contributed by atoms with Crippen molar-refractivity contribution < 1.29 is 19.4 Å². The summed E-state index contributed by atoms with van der Waals surface area (Å²) in [5.74, 6) is 1.45. The van der Waals surface area contributed by atoms with Gasteiger partial charge in [-0.25, -0.2) is 9.97 Å². The fraction of sp³-hybridized carbons (Fsp3) is 0.440. The Morgan fingerprint density at radius 3 is 2.88 bits per heavy atom. The van der Waals surface area contributed by atoms with E-state index in [4.69, 9.17) is 9.47 Å². The van der Waals surface area contributed by atoms with Crippen LogP contribution in [0.3, 0.4) is 0 Å². The van der Waals surface area contributed by atoms with Crippen LogP contribution in [-0.4, -0.2) is 51.3 Å². The standard InChI is InChI=1S/C25H29N5O4/c1-33-22-5-3-19-23(30-22)16(9-13-26-19)6-10-25(32)11-7-17(8-12-25)27-14-18-2-4-20-24(28-18)29-21(31)15-34-20/h2-5,9,13,17,27,32H,6-8,10-12,14-15H2,1H3,(H,28,29,31). The van der Waals surface area contributed by atoms with Crippen molar-refractivity contribution in [2.75, 3.05) is 19.0 Å². The molecular weight excluding hydrogens is 434 g/mol. The van der Waals surface area contributed by atoms with Crippen LogP contribution in [-0.2, 0) is 17.8 Å². The number of methoxy groups -OCH3 is 1. The minimum Gasteiger partial charge on any atom is -0.481 e. The maximum Gasteiger partial charge on any atom is 0.263 e. The Morgan fingerprint density at radius 2 is 2.06 bits per heavy atom. The van der Waals surface area contributed by atoms with E-state index in [9.17, 15) is 9.90 Å². The molecule has 3 aromatic heterocycles. The monoisotopic (exact) mass is 463 g/mol. The van der Waals surface area contributed by atoms with Gasteiger partial charge in [0.2, 0.25) is 5.88 Å². The lowest BCUT2D eigenvalue weighted by Gasteiger charge is -2.36. The van der Waals surface area contributed by atoms with E-state index in [2.05, 4.69) is 25.6 Å². The summed E-state index contributed by atoms with van der Waals surface area (Å²) in [7, 11) is 1.60. The molecule has 9 heteroatoms. The van der Waals surface area contributed by atoms with Crippen LogP contribution in [0.1, 0.15) is 43.4 Å². The van der Waals surface area contributed by atoms with E-state index >= 15 is 0 Å². The zero-order valence-electron chi connectivity index (χ0n) is 19.2. The summed E-state index contributed by atoms with van der Waals surface area (Å²) in [5, 5.41) is 17.5. The van der Waals surface area contributed by atoms with E-state index in [1.807, 2.05) is 30.3 Å². The van der Waals surface area contributed by atoms with Gasteiger partial charge in [0.1, 0.15) is 0 Å². The van der Waals surface area contributed by atoms with Gasteiger partial charge in [-0.2, -0.15) is 0 Å². The Morgan fingerprint density at radius 1 is 1.21 bits per heavy atom. The predicted molar refractivity (Wildman–Crippen MR) is 127 cm³/mol. The molecule has 2 aliphatic rings. The van der Waals surface area contributed by atoms with E-state index in [1.54, 1.807) is 13.3 Å². The Kier molecular flexibility index (Phi) is 6.30. The molecule has 1 aliphatic heterocycles. The number of hydrogen-bond acceptors (Lipinski definition) is 8. The van der Waals surface area contributed by atoms with Gasteiger partial charge in [0.05, 0.1) is 29.4 Å². The number of carbonyl (C=O) groups excluding carboxylic acids is 1. The summed E-state index contributed by atoms with van der Waals surface area (Å²) in [5.41, 5.74) is 2.91. The van der Waals surface area contributed by atoms with Crippen molar-refractivity contribution in [3.05, 3.63) is 47.8 Å². The molecule has 0 bridgehead atoms.